The summed E-state index contributed by atoms with van der Waals surface area (Å²) in [6, 6.07) is 17.9. The molecule has 0 aliphatic heterocycles. The Hall–Kier alpha value is -0.514. The summed E-state index contributed by atoms with van der Waals surface area (Å²) in [5, 5.41) is 12.2. The van der Waals surface area contributed by atoms with E-state index in [0.29, 0.717) is 17.5 Å². The van der Waals surface area contributed by atoms with Crippen LogP contribution in [0.4, 0.5) is 4.79 Å². The molecule has 0 unspecified atom stereocenters. The van der Waals surface area contributed by atoms with Crippen LogP contribution in [0.15, 0.2) is 54.6 Å². The van der Waals surface area contributed by atoms with Gasteiger partial charge in [-0.05, 0) is 46.6 Å². The Kier molecular flexibility index (Phi) is 8.31. The van der Waals surface area contributed by atoms with E-state index in [9.17, 15) is 4.79 Å². The van der Waals surface area contributed by atoms with Crippen LogP contribution in [0.5, 0.6) is 5.75 Å². The number of aliphatic hydroxyl groups excluding tert-OH is 1. The third-order valence-electron chi connectivity index (χ3n) is 3.38. The second-order valence-corrected chi connectivity index (χ2v) is 6.49. The number of benzene rings is 3. The van der Waals surface area contributed by atoms with Crippen molar-refractivity contribution in [2.75, 3.05) is 13.2 Å². The SMILES string of the molecule is O=C(OCCO)SC(=S)Oc1cccc2cc3ccccc3cc12.[KH]. The van der Waals surface area contributed by atoms with Crippen LogP contribution in [-0.4, -0.2) is 79.4 Å². The van der Waals surface area contributed by atoms with Crippen LogP contribution in [-0.2, 0) is 4.74 Å². The van der Waals surface area contributed by atoms with E-state index < -0.39 is 5.30 Å². The average molecular weight is 399 g/mol. The molecule has 3 aromatic carbocycles. The molecule has 0 atom stereocenters. The van der Waals surface area contributed by atoms with Gasteiger partial charge in [0.05, 0.1) is 6.61 Å². The van der Waals surface area contributed by atoms with Gasteiger partial charge in [-0.25, -0.2) is 4.79 Å². The van der Waals surface area contributed by atoms with Gasteiger partial charge in [-0.15, -0.1) is 0 Å². The first-order chi connectivity index (χ1) is 11.7. The molecule has 4 nitrogen and oxygen atoms in total. The van der Waals surface area contributed by atoms with Crippen molar-refractivity contribution in [3.8, 4) is 5.75 Å². The predicted octanol–water partition coefficient (Wildman–Crippen LogP) is 3.87. The van der Waals surface area contributed by atoms with Gasteiger partial charge in [0, 0.05) is 17.1 Å². The van der Waals surface area contributed by atoms with Gasteiger partial charge < -0.3 is 14.6 Å². The molecule has 0 saturated carbocycles. The molecule has 0 radical (unpaired) electrons. The van der Waals surface area contributed by atoms with Gasteiger partial charge in [-0.1, -0.05) is 36.4 Å². The first-order valence-electron chi connectivity index (χ1n) is 7.26. The minimum absolute atomic E-state index is 0. The molecular weight excluding hydrogens is 383 g/mol. The summed E-state index contributed by atoms with van der Waals surface area (Å²) in [4.78, 5) is 11.5. The zero-order chi connectivity index (χ0) is 16.9. The van der Waals surface area contributed by atoms with Crippen molar-refractivity contribution >= 4 is 107 Å². The van der Waals surface area contributed by atoms with Gasteiger partial charge in [0.1, 0.15) is 12.4 Å². The first kappa shape index (κ1) is 20.8. The van der Waals surface area contributed by atoms with Gasteiger partial charge in [-0.2, -0.15) is 0 Å². The molecule has 0 fully saturated rings. The summed E-state index contributed by atoms with van der Waals surface area (Å²) in [5.74, 6) is 0.589. The predicted molar refractivity (Wildman–Crippen MR) is 108 cm³/mol. The third kappa shape index (κ3) is 5.48. The van der Waals surface area contributed by atoms with E-state index in [1.165, 1.54) is 0 Å². The van der Waals surface area contributed by atoms with Crippen LogP contribution in [0.2, 0.25) is 0 Å². The Morgan fingerprint density at radius 3 is 2.44 bits per heavy atom. The fraction of sp³-hybridized carbons (Fsp3) is 0.111. The number of carbonyl (C=O) groups is 1. The summed E-state index contributed by atoms with van der Waals surface area (Å²) in [6.45, 7) is -0.287. The summed E-state index contributed by atoms with van der Waals surface area (Å²) in [6.07, 6.45) is 0. The van der Waals surface area contributed by atoms with Crippen molar-refractivity contribution in [2.45, 2.75) is 0 Å². The van der Waals surface area contributed by atoms with Crippen LogP contribution in [0.25, 0.3) is 21.5 Å². The summed E-state index contributed by atoms with van der Waals surface area (Å²) in [5.41, 5.74) is 0. The van der Waals surface area contributed by atoms with E-state index in [1.54, 1.807) is 0 Å². The van der Waals surface area contributed by atoms with Crippen LogP contribution in [0.3, 0.4) is 0 Å². The van der Waals surface area contributed by atoms with Gasteiger partial charge in [-0.3, -0.25) is 0 Å². The summed E-state index contributed by atoms with van der Waals surface area (Å²) >= 11 is 5.78. The molecule has 25 heavy (non-hydrogen) atoms. The quantitative estimate of drug-likeness (QED) is 0.313. The number of thioether (sulfide) groups is 1. The van der Waals surface area contributed by atoms with Crippen molar-refractivity contribution in [2.24, 2.45) is 0 Å². The van der Waals surface area contributed by atoms with Crippen molar-refractivity contribution in [3.63, 3.8) is 0 Å². The number of thiocarbonyl (C=S) groups is 1. The van der Waals surface area contributed by atoms with E-state index >= 15 is 0 Å². The maximum atomic E-state index is 11.5. The Bertz CT molecular complexity index is 914. The normalized spacial score (nSPS) is 10.3. The van der Waals surface area contributed by atoms with Crippen molar-refractivity contribution < 1.29 is 19.4 Å². The molecule has 0 amide bonds. The second-order valence-electron chi connectivity index (χ2n) is 4.95. The Morgan fingerprint density at radius 1 is 1.04 bits per heavy atom. The molecule has 3 rings (SSSR count). The molecule has 0 aliphatic carbocycles. The number of hydrogen-bond acceptors (Lipinski definition) is 6. The molecule has 0 spiro atoms. The molecular formula is C18H15KO4S2. The maximum absolute atomic E-state index is 11.5. The number of aliphatic hydroxyl groups is 1. The minimum atomic E-state index is -0.597. The van der Waals surface area contributed by atoms with Crippen LogP contribution in [0.1, 0.15) is 0 Å². The molecule has 124 valence electrons. The second kappa shape index (κ2) is 9.99. The molecule has 1 N–H and O–H groups in total. The number of rotatable bonds is 3. The molecule has 0 aliphatic rings. The van der Waals surface area contributed by atoms with E-state index in [4.69, 9.17) is 26.8 Å². The van der Waals surface area contributed by atoms with Crippen LogP contribution in [0, 0.1) is 0 Å². The number of fused-ring (bicyclic) bond motifs is 2. The molecule has 0 bridgehead atoms. The van der Waals surface area contributed by atoms with Gasteiger partial charge >= 0.3 is 56.7 Å². The van der Waals surface area contributed by atoms with Crippen molar-refractivity contribution in [1.82, 2.24) is 0 Å². The monoisotopic (exact) mass is 398 g/mol. The van der Waals surface area contributed by atoms with E-state index in [0.717, 1.165) is 21.5 Å². The standard InChI is InChI=1S/C18H14O4S2.K.H/c19-8-9-21-17(20)24-18(23)22-16-7-3-6-14-10-12-4-1-2-5-13(12)11-15(14)16;;/h1-7,10-11,19H,8-9H2;;. The number of carbonyl (C=O) groups excluding carboxylic acids is 1. The Balaban J connectivity index is 0.00000225. The topological polar surface area (TPSA) is 55.8 Å². The first-order valence-corrected chi connectivity index (χ1v) is 8.48. The zero-order valence-corrected chi connectivity index (χ0v) is 14.2. The summed E-state index contributed by atoms with van der Waals surface area (Å²) in [7, 11) is 0. The molecule has 0 heterocycles. The van der Waals surface area contributed by atoms with Gasteiger partial charge in [0.2, 0.25) is 4.38 Å². The average Bonchev–Trinajstić information content (AvgIpc) is 2.58. The van der Waals surface area contributed by atoms with Crippen molar-refractivity contribution in [3.05, 3.63) is 54.6 Å². The van der Waals surface area contributed by atoms with Crippen LogP contribution < -0.4 is 4.74 Å². The molecule has 0 saturated heterocycles. The molecule has 3 aromatic rings. The Morgan fingerprint density at radius 2 is 1.72 bits per heavy atom. The molecule has 7 heteroatoms. The Labute approximate surface area is 197 Å². The van der Waals surface area contributed by atoms with Gasteiger partial charge in [0.15, 0.2) is 0 Å². The van der Waals surface area contributed by atoms with Gasteiger partial charge in [0.25, 0.3) is 0 Å². The molecule has 0 aromatic heterocycles. The van der Waals surface area contributed by atoms with E-state index in [2.05, 4.69) is 12.1 Å². The van der Waals surface area contributed by atoms with Crippen molar-refractivity contribution in [1.29, 1.82) is 0 Å². The third-order valence-corrected chi connectivity index (χ3v) is 4.25. The number of hydrogen-bond donors (Lipinski definition) is 1. The zero-order valence-electron chi connectivity index (χ0n) is 12.6. The van der Waals surface area contributed by atoms with E-state index in [1.807, 2.05) is 42.5 Å². The fourth-order valence-electron chi connectivity index (χ4n) is 2.36. The van der Waals surface area contributed by atoms with Crippen LogP contribution >= 0.6 is 24.0 Å². The van der Waals surface area contributed by atoms with E-state index in [-0.39, 0.29) is 69.0 Å². The number of ether oxygens (including phenoxy) is 2. The summed E-state index contributed by atoms with van der Waals surface area (Å²) < 4.78 is 10.5. The fourth-order valence-corrected chi connectivity index (χ4v) is 3.07.